The first-order chi connectivity index (χ1) is 9.17. The number of alkyl halides is 1. The fraction of sp³-hybridized carbons (Fsp3) is 1.00. The van der Waals surface area contributed by atoms with E-state index in [2.05, 4.69) is 5.18 Å². The summed E-state index contributed by atoms with van der Waals surface area (Å²) in [5.74, 6) is -1.61. The largest absolute Gasteiger partial charge is 0.348 e. The summed E-state index contributed by atoms with van der Waals surface area (Å²) in [6, 6.07) is 0. The standard InChI is InChI=1S/C12H18ClNO6/c1-10(2)16-5-6(18-10)7-12(13,14-15)8-9(17-7)20-11(3,4)19-8/h6-9H,5H2,1-4H3/t6-,7-,8+,9-,12-/m1/s1. The number of rotatable bonds is 2. The van der Waals surface area contributed by atoms with Crippen LogP contribution in [-0.4, -0.2) is 47.8 Å². The zero-order valence-corrected chi connectivity index (χ0v) is 12.5. The Morgan fingerprint density at radius 2 is 1.75 bits per heavy atom. The van der Waals surface area contributed by atoms with Crippen LogP contribution < -0.4 is 0 Å². The van der Waals surface area contributed by atoms with Crippen LogP contribution in [0.15, 0.2) is 5.18 Å². The van der Waals surface area contributed by atoms with Crippen molar-refractivity contribution in [3.63, 3.8) is 0 Å². The average Bonchev–Trinajstić information content (AvgIpc) is 2.91. The van der Waals surface area contributed by atoms with E-state index < -0.39 is 41.2 Å². The zero-order valence-electron chi connectivity index (χ0n) is 11.8. The van der Waals surface area contributed by atoms with Gasteiger partial charge in [-0.1, -0.05) is 11.6 Å². The molecule has 5 atom stereocenters. The van der Waals surface area contributed by atoms with Gasteiger partial charge in [-0.3, -0.25) is 0 Å². The van der Waals surface area contributed by atoms with Gasteiger partial charge in [-0.05, 0) is 32.9 Å². The number of hydrogen-bond acceptors (Lipinski definition) is 7. The molecule has 0 amide bonds. The van der Waals surface area contributed by atoms with Gasteiger partial charge in [0.2, 0.25) is 5.00 Å². The molecule has 0 radical (unpaired) electrons. The van der Waals surface area contributed by atoms with Crippen LogP contribution in [0.1, 0.15) is 27.7 Å². The zero-order chi connectivity index (χ0) is 14.8. The molecular weight excluding hydrogens is 290 g/mol. The van der Waals surface area contributed by atoms with Gasteiger partial charge in [-0.2, -0.15) is 0 Å². The predicted molar refractivity (Wildman–Crippen MR) is 68.0 cm³/mol. The first-order valence-electron chi connectivity index (χ1n) is 6.53. The van der Waals surface area contributed by atoms with Crippen LogP contribution in [0.25, 0.3) is 0 Å². The molecule has 0 spiro atoms. The number of fused-ring (bicyclic) bond motifs is 1. The van der Waals surface area contributed by atoms with Crippen molar-refractivity contribution in [1.82, 2.24) is 0 Å². The first kappa shape index (κ1) is 14.6. The molecular formula is C12H18ClNO6. The van der Waals surface area contributed by atoms with E-state index in [9.17, 15) is 4.91 Å². The van der Waals surface area contributed by atoms with E-state index in [4.69, 9.17) is 35.3 Å². The second kappa shape index (κ2) is 4.34. The quantitative estimate of drug-likeness (QED) is 0.439. The van der Waals surface area contributed by atoms with Crippen molar-refractivity contribution >= 4 is 11.6 Å². The van der Waals surface area contributed by atoms with E-state index in [1.807, 2.05) is 0 Å². The smallest absolute Gasteiger partial charge is 0.234 e. The van der Waals surface area contributed by atoms with Crippen LogP contribution in [0.4, 0.5) is 0 Å². The highest BCUT2D eigenvalue weighted by Gasteiger charge is 2.67. The van der Waals surface area contributed by atoms with Gasteiger partial charge in [0.25, 0.3) is 0 Å². The lowest BCUT2D eigenvalue weighted by Crippen LogP contribution is -2.48. The molecule has 7 nitrogen and oxygen atoms in total. The molecule has 0 aromatic rings. The van der Waals surface area contributed by atoms with E-state index >= 15 is 0 Å². The number of nitroso groups, excluding NO2 is 1. The Morgan fingerprint density at radius 3 is 2.30 bits per heavy atom. The Hall–Kier alpha value is -0.310. The summed E-state index contributed by atoms with van der Waals surface area (Å²) >= 11 is 6.38. The maximum Gasteiger partial charge on any atom is 0.234 e. The minimum absolute atomic E-state index is 0.268. The van der Waals surface area contributed by atoms with Gasteiger partial charge in [-0.15, -0.1) is 4.91 Å². The molecule has 3 saturated heterocycles. The minimum atomic E-state index is -1.59. The van der Waals surface area contributed by atoms with Crippen molar-refractivity contribution in [2.75, 3.05) is 6.61 Å². The lowest BCUT2D eigenvalue weighted by Gasteiger charge is -2.30. The number of halogens is 1. The van der Waals surface area contributed by atoms with Gasteiger partial charge in [0, 0.05) is 0 Å². The SMILES string of the molecule is CC1(C)OC[C@H]([C@H]2O[C@@H]3OC(C)(C)O[C@@H]3[C@]2(Cl)N=O)O1. The molecule has 0 aromatic heterocycles. The van der Waals surface area contributed by atoms with Gasteiger partial charge in [0.1, 0.15) is 12.2 Å². The summed E-state index contributed by atoms with van der Waals surface area (Å²) < 4.78 is 28.2. The van der Waals surface area contributed by atoms with Crippen molar-refractivity contribution in [3.05, 3.63) is 4.91 Å². The molecule has 3 rings (SSSR count). The highest BCUT2D eigenvalue weighted by molar-refractivity contribution is 6.25. The molecule has 114 valence electrons. The Bertz CT molecular complexity index is 430. The van der Waals surface area contributed by atoms with Crippen LogP contribution in [-0.2, 0) is 23.7 Å². The first-order valence-corrected chi connectivity index (χ1v) is 6.91. The summed E-state index contributed by atoms with van der Waals surface area (Å²) in [7, 11) is 0. The normalized spacial score (nSPS) is 49.2. The Balaban J connectivity index is 1.83. The molecule has 0 unspecified atom stereocenters. The highest BCUT2D eigenvalue weighted by atomic mass is 35.5. The third-order valence-electron chi connectivity index (χ3n) is 3.64. The van der Waals surface area contributed by atoms with E-state index in [0.29, 0.717) is 0 Å². The fourth-order valence-electron chi connectivity index (χ4n) is 2.82. The predicted octanol–water partition coefficient (Wildman–Crippen LogP) is 1.72. The van der Waals surface area contributed by atoms with Gasteiger partial charge in [0.15, 0.2) is 24.0 Å². The van der Waals surface area contributed by atoms with Crippen LogP contribution in [0, 0.1) is 4.91 Å². The summed E-state index contributed by atoms with van der Waals surface area (Å²) in [5.41, 5.74) is 0. The molecule has 3 fully saturated rings. The fourth-order valence-corrected chi connectivity index (χ4v) is 3.16. The third-order valence-corrected chi connectivity index (χ3v) is 4.14. The summed E-state index contributed by atoms with van der Waals surface area (Å²) in [6.45, 7) is 7.28. The van der Waals surface area contributed by atoms with Crippen molar-refractivity contribution in [3.8, 4) is 0 Å². The molecule has 20 heavy (non-hydrogen) atoms. The average molecular weight is 308 g/mol. The monoisotopic (exact) mass is 307 g/mol. The van der Waals surface area contributed by atoms with Gasteiger partial charge >= 0.3 is 0 Å². The van der Waals surface area contributed by atoms with E-state index in [0.717, 1.165) is 0 Å². The Morgan fingerprint density at radius 1 is 1.05 bits per heavy atom. The van der Waals surface area contributed by atoms with Crippen LogP contribution in [0.3, 0.4) is 0 Å². The molecule has 0 saturated carbocycles. The lowest BCUT2D eigenvalue weighted by molar-refractivity contribution is -0.224. The molecule has 3 heterocycles. The van der Waals surface area contributed by atoms with Crippen molar-refractivity contribution in [2.45, 2.75) is 68.9 Å². The van der Waals surface area contributed by atoms with Crippen molar-refractivity contribution < 1.29 is 23.7 Å². The molecule has 8 heteroatoms. The molecule has 0 bridgehead atoms. The summed E-state index contributed by atoms with van der Waals surface area (Å²) in [4.78, 5) is 9.73. The topological polar surface area (TPSA) is 75.6 Å². The third kappa shape index (κ3) is 2.17. The number of nitrogens with zero attached hydrogens (tertiary/aromatic N) is 1. The molecule has 0 aliphatic carbocycles. The second-order valence-electron chi connectivity index (χ2n) is 6.17. The van der Waals surface area contributed by atoms with Crippen molar-refractivity contribution in [2.24, 2.45) is 5.18 Å². The Labute approximate surface area is 121 Å². The van der Waals surface area contributed by atoms with Crippen molar-refractivity contribution in [1.29, 1.82) is 0 Å². The minimum Gasteiger partial charge on any atom is -0.348 e. The molecule has 0 N–H and O–H groups in total. The summed E-state index contributed by atoms with van der Waals surface area (Å²) in [6.07, 6.45) is -2.79. The Kier molecular flexibility index (Phi) is 3.18. The lowest BCUT2D eigenvalue weighted by atomic mass is 10.0. The molecule has 0 aromatic carbocycles. The molecule has 3 aliphatic heterocycles. The van der Waals surface area contributed by atoms with Gasteiger partial charge < -0.3 is 23.7 Å². The molecule has 3 aliphatic rings. The highest BCUT2D eigenvalue weighted by Crippen LogP contribution is 2.49. The maximum absolute atomic E-state index is 11.3. The van der Waals surface area contributed by atoms with Crippen LogP contribution in [0.2, 0.25) is 0 Å². The van der Waals surface area contributed by atoms with Gasteiger partial charge in [-0.25, -0.2) is 0 Å². The summed E-state index contributed by atoms with van der Waals surface area (Å²) in [5, 5.41) is 3.05. The van der Waals surface area contributed by atoms with E-state index in [1.54, 1.807) is 27.7 Å². The maximum atomic E-state index is 11.3. The van der Waals surface area contributed by atoms with Crippen LogP contribution >= 0.6 is 11.6 Å². The van der Waals surface area contributed by atoms with E-state index in [-0.39, 0.29) is 6.61 Å². The second-order valence-corrected chi connectivity index (χ2v) is 6.77. The van der Waals surface area contributed by atoms with E-state index in [1.165, 1.54) is 0 Å². The number of ether oxygens (including phenoxy) is 5. The van der Waals surface area contributed by atoms with Gasteiger partial charge in [0.05, 0.1) is 6.61 Å². The van der Waals surface area contributed by atoms with Crippen LogP contribution in [0.5, 0.6) is 0 Å². The number of hydrogen-bond donors (Lipinski definition) is 0.